The summed E-state index contributed by atoms with van der Waals surface area (Å²) in [7, 11) is 0. The van der Waals surface area contributed by atoms with E-state index in [1.807, 2.05) is 0 Å². The van der Waals surface area contributed by atoms with Gasteiger partial charge in [0.05, 0.1) is 0 Å². The van der Waals surface area contributed by atoms with Crippen LogP contribution in [0.15, 0.2) is 5.16 Å². The van der Waals surface area contributed by atoms with Crippen molar-refractivity contribution in [2.45, 2.75) is 33.6 Å². The molecule has 0 atom stereocenters. The summed E-state index contributed by atoms with van der Waals surface area (Å²) in [6.07, 6.45) is 3.77. The molecule has 0 unspecified atom stereocenters. The molecule has 9 heavy (non-hydrogen) atoms. The highest BCUT2D eigenvalue weighted by Gasteiger charge is 2.12. The topological polar surface area (TPSA) is 32.6 Å². The van der Waals surface area contributed by atoms with Gasteiger partial charge in [0.1, 0.15) is 0 Å². The van der Waals surface area contributed by atoms with E-state index >= 15 is 0 Å². The number of hydrogen-bond donors (Lipinski definition) is 1. The maximum atomic E-state index is 8.20. The van der Waals surface area contributed by atoms with E-state index in [9.17, 15) is 0 Å². The van der Waals surface area contributed by atoms with Gasteiger partial charge in [-0.25, -0.2) is 0 Å². The van der Waals surface area contributed by atoms with Crippen molar-refractivity contribution in [3.8, 4) is 0 Å². The summed E-state index contributed by atoms with van der Waals surface area (Å²) in [6.45, 7) is 6.22. The lowest BCUT2D eigenvalue weighted by atomic mass is 9.90. The van der Waals surface area contributed by atoms with Gasteiger partial charge >= 0.3 is 0 Å². The molecule has 0 aliphatic carbocycles. The third-order valence-electron chi connectivity index (χ3n) is 1.30. The van der Waals surface area contributed by atoms with Crippen LogP contribution in [0.4, 0.5) is 0 Å². The quantitative estimate of drug-likeness (QED) is 0.354. The normalized spacial score (nSPS) is 12.8. The summed E-state index contributed by atoms with van der Waals surface area (Å²) < 4.78 is 0. The molecule has 0 fully saturated rings. The van der Waals surface area contributed by atoms with Crippen LogP contribution in [-0.4, -0.2) is 11.4 Å². The van der Waals surface area contributed by atoms with Crippen LogP contribution >= 0.6 is 0 Å². The molecule has 0 spiro atoms. The molecule has 2 nitrogen and oxygen atoms in total. The van der Waals surface area contributed by atoms with Gasteiger partial charge in [0.25, 0.3) is 0 Å². The van der Waals surface area contributed by atoms with Gasteiger partial charge in [-0.05, 0) is 6.42 Å². The minimum Gasteiger partial charge on any atom is -0.411 e. The molecule has 0 aromatic carbocycles. The highest BCUT2D eigenvalue weighted by atomic mass is 16.4. The number of oxime groups is 1. The van der Waals surface area contributed by atoms with Crippen molar-refractivity contribution < 1.29 is 5.21 Å². The van der Waals surface area contributed by atoms with E-state index in [1.165, 1.54) is 0 Å². The Morgan fingerprint density at radius 1 is 1.56 bits per heavy atom. The molecular formula is C7H15NO. The summed E-state index contributed by atoms with van der Waals surface area (Å²) >= 11 is 0. The summed E-state index contributed by atoms with van der Waals surface area (Å²) in [4.78, 5) is 0. The lowest BCUT2D eigenvalue weighted by molar-refractivity contribution is 0.311. The fourth-order valence-electron chi connectivity index (χ4n) is 0.865. The van der Waals surface area contributed by atoms with Crippen molar-refractivity contribution in [2.24, 2.45) is 10.6 Å². The van der Waals surface area contributed by atoms with E-state index in [-0.39, 0.29) is 5.41 Å². The second-order valence-electron chi connectivity index (χ2n) is 2.98. The van der Waals surface area contributed by atoms with Crippen LogP contribution in [0.3, 0.4) is 0 Å². The van der Waals surface area contributed by atoms with Crippen LogP contribution in [0.25, 0.3) is 0 Å². The predicted molar refractivity (Wildman–Crippen MR) is 39.0 cm³/mol. The fourth-order valence-corrected chi connectivity index (χ4v) is 0.865. The van der Waals surface area contributed by atoms with Crippen LogP contribution < -0.4 is 0 Å². The van der Waals surface area contributed by atoms with Crippen LogP contribution in [0.1, 0.15) is 33.6 Å². The van der Waals surface area contributed by atoms with Gasteiger partial charge in [-0.3, -0.25) is 0 Å². The molecule has 0 amide bonds. The molecule has 0 saturated heterocycles. The summed E-state index contributed by atoms with van der Waals surface area (Å²) in [6, 6.07) is 0. The first-order valence-corrected chi connectivity index (χ1v) is 3.31. The van der Waals surface area contributed by atoms with Gasteiger partial charge < -0.3 is 5.21 Å². The average Bonchev–Trinajstić information content (AvgIpc) is 1.64. The Bertz CT molecular complexity index is 97.1. The van der Waals surface area contributed by atoms with E-state index in [2.05, 4.69) is 25.9 Å². The summed E-state index contributed by atoms with van der Waals surface area (Å²) in [5, 5.41) is 11.2. The number of hydrogen-bond acceptors (Lipinski definition) is 2. The molecule has 0 aliphatic heterocycles. The van der Waals surface area contributed by atoms with Crippen molar-refractivity contribution >= 4 is 6.21 Å². The Balaban J connectivity index is 3.70. The van der Waals surface area contributed by atoms with Crippen LogP contribution in [0.5, 0.6) is 0 Å². The fraction of sp³-hybridized carbons (Fsp3) is 0.857. The van der Waals surface area contributed by atoms with E-state index in [4.69, 9.17) is 5.21 Å². The standard InChI is InChI=1S/C7H15NO/c1-4-5-7(2,3)6-8-9/h6,9H,4-5H2,1-3H3. The highest BCUT2D eigenvalue weighted by molar-refractivity contribution is 5.63. The van der Waals surface area contributed by atoms with Gasteiger partial charge in [0.15, 0.2) is 0 Å². The Labute approximate surface area is 56.6 Å². The monoisotopic (exact) mass is 129 g/mol. The molecule has 1 N–H and O–H groups in total. The van der Waals surface area contributed by atoms with Crippen molar-refractivity contribution in [1.29, 1.82) is 0 Å². The van der Waals surface area contributed by atoms with Crippen molar-refractivity contribution in [2.75, 3.05) is 0 Å². The first-order chi connectivity index (χ1) is 4.12. The van der Waals surface area contributed by atoms with Gasteiger partial charge in [-0.15, -0.1) is 5.16 Å². The second kappa shape index (κ2) is 3.49. The second-order valence-corrected chi connectivity index (χ2v) is 2.98. The van der Waals surface area contributed by atoms with E-state index in [0.717, 1.165) is 12.8 Å². The largest absolute Gasteiger partial charge is 0.411 e. The van der Waals surface area contributed by atoms with Gasteiger partial charge in [-0.2, -0.15) is 0 Å². The Hall–Kier alpha value is -0.530. The molecular weight excluding hydrogens is 114 g/mol. The molecule has 0 rings (SSSR count). The van der Waals surface area contributed by atoms with E-state index in [0.29, 0.717) is 0 Å². The van der Waals surface area contributed by atoms with Crippen LogP contribution in [-0.2, 0) is 0 Å². The van der Waals surface area contributed by atoms with Crippen molar-refractivity contribution in [3.05, 3.63) is 0 Å². The third kappa shape index (κ3) is 4.01. The Morgan fingerprint density at radius 3 is 2.44 bits per heavy atom. The predicted octanol–water partition coefficient (Wildman–Crippen LogP) is 2.27. The first-order valence-electron chi connectivity index (χ1n) is 3.31. The van der Waals surface area contributed by atoms with Crippen LogP contribution in [0.2, 0.25) is 0 Å². The van der Waals surface area contributed by atoms with Crippen molar-refractivity contribution in [3.63, 3.8) is 0 Å². The zero-order valence-corrected chi connectivity index (χ0v) is 6.39. The smallest absolute Gasteiger partial charge is 0.0492 e. The SMILES string of the molecule is CCCC(C)(C)C=NO. The van der Waals surface area contributed by atoms with Gasteiger partial charge in [-0.1, -0.05) is 27.2 Å². The third-order valence-corrected chi connectivity index (χ3v) is 1.30. The van der Waals surface area contributed by atoms with E-state index < -0.39 is 0 Å². The lowest BCUT2D eigenvalue weighted by Gasteiger charge is -2.15. The van der Waals surface area contributed by atoms with E-state index in [1.54, 1.807) is 6.21 Å². The molecule has 0 bridgehead atoms. The molecule has 0 aromatic rings. The molecule has 0 radical (unpaired) electrons. The Morgan fingerprint density at radius 2 is 2.11 bits per heavy atom. The summed E-state index contributed by atoms with van der Waals surface area (Å²) in [5.74, 6) is 0. The molecule has 2 heteroatoms. The minimum atomic E-state index is 0.0590. The van der Waals surface area contributed by atoms with Crippen molar-refractivity contribution in [1.82, 2.24) is 0 Å². The maximum absolute atomic E-state index is 8.20. The van der Waals surface area contributed by atoms with Crippen LogP contribution in [0, 0.1) is 5.41 Å². The average molecular weight is 129 g/mol. The molecule has 54 valence electrons. The first kappa shape index (κ1) is 8.47. The van der Waals surface area contributed by atoms with Gasteiger partial charge in [0.2, 0.25) is 0 Å². The summed E-state index contributed by atoms with van der Waals surface area (Å²) in [5.41, 5.74) is 0.0590. The molecule has 0 heterocycles. The Kier molecular flexibility index (Phi) is 3.28. The zero-order valence-electron chi connectivity index (χ0n) is 6.39. The number of nitrogens with zero attached hydrogens (tertiary/aromatic N) is 1. The van der Waals surface area contributed by atoms with Gasteiger partial charge in [0, 0.05) is 11.6 Å². The highest BCUT2D eigenvalue weighted by Crippen LogP contribution is 2.18. The maximum Gasteiger partial charge on any atom is 0.0492 e. The molecule has 0 aromatic heterocycles. The molecule has 0 saturated carbocycles. The lowest BCUT2D eigenvalue weighted by Crippen LogP contribution is -2.11. The molecule has 0 aliphatic rings. The minimum absolute atomic E-state index is 0.0590. The zero-order chi connectivity index (χ0) is 7.33. The number of rotatable bonds is 3.